The van der Waals surface area contributed by atoms with Crippen LogP contribution >= 0.6 is 0 Å². The maximum absolute atomic E-state index is 8.92. The molecule has 2 nitrogen and oxygen atoms in total. The van der Waals surface area contributed by atoms with Crippen molar-refractivity contribution in [3.8, 4) is 11.8 Å². The van der Waals surface area contributed by atoms with Crippen LogP contribution in [0, 0.1) is 11.3 Å². The molecule has 1 saturated carbocycles. The van der Waals surface area contributed by atoms with Crippen molar-refractivity contribution in [3.63, 3.8) is 0 Å². The highest BCUT2D eigenvalue weighted by atomic mass is 16.5. The van der Waals surface area contributed by atoms with E-state index in [4.69, 9.17) is 10.00 Å². The van der Waals surface area contributed by atoms with Crippen LogP contribution in [-0.2, 0) is 0 Å². The van der Waals surface area contributed by atoms with Crippen LogP contribution in [0.4, 0.5) is 0 Å². The predicted octanol–water partition coefficient (Wildman–Crippen LogP) is 6.18. The number of nitrogens with zero attached hydrogens (tertiary/aromatic N) is 1. The average molecular weight is 333 g/mol. The van der Waals surface area contributed by atoms with Crippen molar-refractivity contribution in [2.45, 2.75) is 63.9 Å². The SMILES string of the molecule is CCC(C)Oc1ccc([C@H]2CC[C@H](c3ccc(C#N)cc3)CC2)cc1. The molecule has 0 radical (unpaired) electrons. The van der Waals surface area contributed by atoms with Crippen molar-refractivity contribution >= 4 is 0 Å². The lowest BCUT2D eigenvalue weighted by atomic mass is 9.76. The highest BCUT2D eigenvalue weighted by Gasteiger charge is 2.23. The first-order chi connectivity index (χ1) is 12.2. The van der Waals surface area contributed by atoms with Crippen molar-refractivity contribution in [1.29, 1.82) is 5.26 Å². The Morgan fingerprint density at radius 3 is 1.84 bits per heavy atom. The van der Waals surface area contributed by atoms with Crippen LogP contribution in [0.15, 0.2) is 48.5 Å². The van der Waals surface area contributed by atoms with Crippen LogP contribution in [0.25, 0.3) is 0 Å². The first-order valence-corrected chi connectivity index (χ1v) is 9.46. The van der Waals surface area contributed by atoms with E-state index in [1.165, 1.54) is 36.8 Å². The molecule has 1 unspecified atom stereocenters. The van der Waals surface area contributed by atoms with Crippen molar-refractivity contribution in [2.24, 2.45) is 0 Å². The molecule has 1 fully saturated rings. The average Bonchev–Trinajstić information content (AvgIpc) is 2.69. The lowest BCUT2D eigenvalue weighted by molar-refractivity contribution is 0.217. The first-order valence-electron chi connectivity index (χ1n) is 9.46. The van der Waals surface area contributed by atoms with E-state index in [1.807, 2.05) is 12.1 Å². The fourth-order valence-corrected chi connectivity index (χ4v) is 3.72. The zero-order chi connectivity index (χ0) is 17.6. The highest BCUT2D eigenvalue weighted by Crippen LogP contribution is 2.40. The maximum Gasteiger partial charge on any atom is 0.119 e. The van der Waals surface area contributed by atoms with E-state index in [-0.39, 0.29) is 6.10 Å². The second-order valence-electron chi connectivity index (χ2n) is 7.19. The standard InChI is InChI=1S/C23H27NO/c1-3-17(2)25-23-14-12-22(13-15-23)21-10-8-20(9-11-21)19-6-4-18(16-24)5-7-19/h4-7,12-15,17,20-21H,3,8-11H2,1-2H3/t17?,20-,21-. The minimum Gasteiger partial charge on any atom is -0.491 e. The monoisotopic (exact) mass is 333 g/mol. The Balaban J connectivity index is 1.57. The maximum atomic E-state index is 8.92. The Kier molecular flexibility index (Phi) is 5.76. The molecule has 2 aromatic rings. The van der Waals surface area contributed by atoms with Crippen molar-refractivity contribution in [1.82, 2.24) is 0 Å². The van der Waals surface area contributed by atoms with Gasteiger partial charge in [0.05, 0.1) is 17.7 Å². The fraction of sp³-hybridized carbons (Fsp3) is 0.435. The Hall–Kier alpha value is -2.27. The van der Waals surface area contributed by atoms with E-state index in [0.29, 0.717) is 11.8 Å². The summed E-state index contributed by atoms with van der Waals surface area (Å²) in [6.45, 7) is 4.25. The highest BCUT2D eigenvalue weighted by molar-refractivity contribution is 5.34. The molecule has 1 atom stereocenters. The van der Waals surface area contributed by atoms with E-state index < -0.39 is 0 Å². The lowest BCUT2D eigenvalue weighted by Crippen LogP contribution is -2.12. The minimum absolute atomic E-state index is 0.272. The molecule has 0 N–H and O–H groups in total. The molecule has 0 heterocycles. The largest absolute Gasteiger partial charge is 0.491 e. The predicted molar refractivity (Wildman–Crippen MR) is 102 cm³/mol. The molecule has 0 aliphatic heterocycles. The van der Waals surface area contributed by atoms with E-state index >= 15 is 0 Å². The number of ether oxygens (including phenoxy) is 1. The zero-order valence-electron chi connectivity index (χ0n) is 15.2. The van der Waals surface area contributed by atoms with Gasteiger partial charge in [0, 0.05) is 0 Å². The van der Waals surface area contributed by atoms with Crippen molar-refractivity contribution in [3.05, 3.63) is 65.2 Å². The van der Waals surface area contributed by atoms with Crippen LogP contribution in [-0.4, -0.2) is 6.10 Å². The summed E-state index contributed by atoms with van der Waals surface area (Å²) < 4.78 is 5.88. The van der Waals surface area contributed by atoms with Crippen molar-refractivity contribution in [2.75, 3.05) is 0 Å². The Morgan fingerprint density at radius 2 is 1.40 bits per heavy atom. The molecule has 25 heavy (non-hydrogen) atoms. The summed E-state index contributed by atoms with van der Waals surface area (Å²) in [7, 11) is 0. The van der Waals surface area contributed by atoms with Gasteiger partial charge in [-0.2, -0.15) is 5.26 Å². The summed E-state index contributed by atoms with van der Waals surface area (Å²) >= 11 is 0. The number of rotatable bonds is 5. The fourth-order valence-electron chi connectivity index (χ4n) is 3.72. The summed E-state index contributed by atoms with van der Waals surface area (Å²) in [4.78, 5) is 0. The number of hydrogen-bond acceptors (Lipinski definition) is 2. The summed E-state index contributed by atoms with van der Waals surface area (Å²) in [5, 5.41) is 8.92. The van der Waals surface area contributed by atoms with E-state index in [9.17, 15) is 0 Å². The first kappa shape index (κ1) is 17.5. The third-order valence-electron chi connectivity index (χ3n) is 5.50. The molecule has 2 heteroatoms. The Bertz CT molecular complexity index is 703. The van der Waals surface area contributed by atoms with Crippen LogP contribution in [0.3, 0.4) is 0 Å². The third-order valence-corrected chi connectivity index (χ3v) is 5.50. The van der Waals surface area contributed by atoms with Gasteiger partial charge >= 0.3 is 0 Å². The van der Waals surface area contributed by atoms with Gasteiger partial charge in [-0.1, -0.05) is 31.2 Å². The number of benzene rings is 2. The van der Waals surface area contributed by atoms with Gasteiger partial charge in [0.15, 0.2) is 0 Å². The van der Waals surface area contributed by atoms with Gasteiger partial charge in [-0.15, -0.1) is 0 Å². The molecule has 0 spiro atoms. The van der Waals surface area contributed by atoms with Crippen LogP contribution < -0.4 is 4.74 Å². The van der Waals surface area contributed by atoms with Crippen molar-refractivity contribution < 1.29 is 4.74 Å². The molecule has 130 valence electrons. The molecular formula is C23H27NO. The van der Waals surface area contributed by atoms with E-state index in [2.05, 4.69) is 56.3 Å². The molecular weight excluding hydrogens is 306 g/mol. The van der Waals surface area contributed by atoms with Gasteiger partial charge in [-0.05, 0) is 86.3 Å². The molecule has 3 rings (SSSR count). The van der Waals surface area contributed by atoms with Gasteiger partial charge in [0.1, 0.15) is 5.75 Å². The van der Waals surface area contributed by atoms with Gasteiger partial charge in [-0.3, -0.25) is 0 Å². The third kappa shape index (κ3) is 4.42. The second-order valence-corrected chi connectivity index (χ2v) is 7.19. The van der Waals surface area contributed by atoms with Gasteiger partial charge in [0.2, 0.25) is 0 Å². The molecule has 0 bridgehead atoms. The van der Waals surface area contributed by atoms with E-state index in [1.54, 1.807) is 0 Å². The normalized spacial score (nSPS) is 21.3. The summed E-state index contributed by atoms with van der Waals surface area (Å²) in [5.41, 5.74) is 3.57. The van der Waals surface area contributed by atoms with Crippen LogP contribution in [0.1, 0.15) is 74.5 Å². The lowest BCUT2D eigenvalue weighted by Gasteiger charge is -2.29. The van der Waals surface area contributed by atoms with Gasteiger partial charge in [-0.25, -0.2) is 0 Å². The minimum atomic E-state index is 0.272. The summed E-state index contributed by atoms with van der Waals surface area (Å²) in [6.07, 6.45) is 6.21. The topological polar surface area (TPSA) is 33.0 Å². The van der Waals surface area contributed by atoms with Crippen LogP contribution in [0.2, 0.25) is 0 Å². The summed E-state index contributed by atoms with van der Waals surface area (Å²) in [6, 6.07) is 19.1. The smallest absolute Gasteiger partial charge is 0.119 e. The molecule has 0 saturated heterocycles. The molecule has 1 aliphatic rings. The van der Waals surface area contributed by atoms with E-state index in [0.717, 1.165) is 17.7 Å². The molecule has 2 aromatic carbocycles. The molecule has 1 aliphatic carbocycles. The quantitative estimate of drug-likeness (QED) is 0.655. The summed E-state index contributed by atoms with van der Waals surface area (Å²) in [5.74, 6) is 2.27. The van der Waals surface area contributed by atoms with Gasteiger partial charge < -0.3 is 4.74 Å². The number of hydrogen-bond donors (Lipinski definition) is 0. The van der Waals surface area contributed by atoms with Gasteiger partial charge in [0.25, 0.3) is 0 Å². The number of nitriles is 1. The molecule has 0 aromatic heterocycles. The Labute approximate surface area is 151 Å². The zero-order valence-corrected chi connectivity index (χ0v) is 15.2. The Morgan fingerprint density at radius 1 is 0.920 bits per heavy atom. The van der Waals surface area contributed by atoms with Crippen LogP contribution in [0.5, 0.6) is 5.75 Å². The second kappa shape index (κ2) is 8.21. The molecule has 0 amide bonds.